The second-order valence-corrected chi connectivity index (χ2v) is 7.08. The number of amides is 1. The van der Waals surface area contributed by atoms with Crippen molar-refractivity contribution in [3.63, 3.8) is 0 Å². The van der Waals surface area contributed by atoms with E-state index in [0.29, 0.717) is 22.9 Å². The summed E-state index contributed by atoms with van der Waals surface area (Å²) in [5.41, 5.74) is 4.42. The molecule has 1 heterocycles. The van der Waals surface area contributed by atoms with Gasteiger partial charge in [-0.2, -0.15) is 9.90 Å². The fraction of sp³-hybridized carbons (Fsp3) is 0.125. The molecule has 0 aliphatic carbocycles. The molecule has 6 nitrogen and oxygen atoms in total. The molecule has 0 saturated heterocycles. The Hall–Kier alpha value is -3.93. The summed E-state index contributed by atoms with van der Waals surface area (Å²) < 4.78 is 5.92. The van der Waals surface area contributed by atoms with Gasteiger partial charge in [-0.05, 0) is 56.7 Å². The van der Waals surface area contributed by atoms with Crippen molar-refractivity contribution in [2.75, 3.05) is 5.32 Å². The number of aryl methyl sites for hydroxylation is 3. The van der Waals surface area contributed by atoms with Crippen LogP contribution in [0.2, 0.25) is 0 Å². The lowest BCUT2D eigenvalue weighted by molar-refractivity contribution is 0.102. The van der Waals surface area contributed by atoms with Crippen LogP contribution < -0.4 is 10.1 Å². The average molecular weight is 398 g/mol. The van der Waals surface area contributed by atoms with Gasteiger partial charge in [0.25, 0.3) is 5.91 Å². The van der Waals surface area contributed by atoms with Gasteiger partial charge in [0.15, 0.2) is 11.4 Å². The van der Waals surface area contributed by atoms with Gasteiger partial charge in [0.1, 0.15) is 5.75 Å². The molecule has 0 fully saturated rings. The van der Waals surface area contributed by atoms with E-state index in [0.717, 1.165) is 16.8 Å². The van der Waals surface area contributed by atoms with E-state index in [2.05, 4.69) is 21.6 Å². The number of para-hydroxylation sites is 3. The van der Waals surface area contributed by atoms with Gasteiger partial charge >= 0.3 is 0 Å². The van der Waals surface area contributed by atoms with Gasteiger partial charge in [-0.1, -0.05) is 48.0 Å². The lowest BCUT2D eigenvalue weighted by atomic mass is 10.1. The van der Waals surface area contributed by atoms with Crippen molar-refractivity contribution in [1.29, 1.82) is 0 Å². The number of ether oxygens (including phenoxy) is 1. The molecule has 0 bridgehead atoms. The summed E-state index contributed by atoms with van der Waals surface area (Å²) >= 11 is 0. The van der Waals surface area contributed by atoms with Crippen molar-refractivity contribution in [3.05, 3.63) is 95.3 Å². The number of anilines is 1. The molecule has 30 heavy (non-hydrogen) atoms. The van der Waals surface area contributed by atoms with Crippen LogP contribution in [-0.4, -0.2) is 20.9 Å². The Labute approximate surface area is 175 Å². The lowest BCUT2D eigenvalue weighted by Gasteiger charge is -2.11. The second-order valence-electron chi connectivity index (χ2n) is 7.08. The lowest BCUT2D eigenvalue weighted by Crippen LogP contribution is -2.15. The summed E-state index contributed by atoms with van der Waals surface area (Å²) in [6.45, 7) is 5.80. The first-order valence-electron chi connectivity index (χ1n) is 9.66. The summed E-state index contributed by atoms with van der Waals surface area (Å²) in [5.74, 6) is 0.903. The summed E-state index contributed by atoms with van der Waals surface area (Å²) in [6.07, 6.45) is 0. The van der Waals surface area contributed by atoms with E-state index in [1.165, 1.54) is 4.80 Å². The average Bonchev–Trinajstić information content (AvgIpc) is 3.11. The van der Waals surface area contributed by atoms with E-state index in [9.17, 15) is 4.79 Å². The molecule has 0 radical (unpaired) electrons. The standard InChI is InChI=1S/C24H22N4O2/c1-16-13-14-21(17(2)15-16)28-26-18(3)23(27-28)24(29)25-20-11-7-8-12-22(20)30-19-9-5-4-6-10-19/h4-15H,1-3H3,(H,25,29). The van der Waals surface area contributed by atoms with Crippen LogP contribution >= 0.6 is 0 Å². The third-order valence-corrected chi connectivity index (χ3v) is 4.67. The molecule has 0 unspecified atom stereocenters. The van der Waals surface area contributed by atoms with Crippen LogP contribution in [-0.2, 0) is 0 Å². The van der Waals surface area contributed by atoms with E-state index >= 15 is 0 Å². The van der Waals surface area contributed by atoms with E-state index in [1.807, 2.05) is 74.5 Å². The molecule has 4 rings (SSSR count). The maximum absolute atomic E-state index is 12.9. The molecule has 1 aromatic heterocycles. The summed E-state index contributed by atoms with van der Waals surface area (Å²) in [7, 11) is 0. The largest absolute Gasteiger partial charge is 0.455 e. The van der Waals surface area contributed by atoms with Crippen LogP contribution in [0.15, 0.2) is 72.8 Å². The van der Waals surface area contributed by atoms with E-state index in [4.69, 9.17) is 4.74 Å². The van der Waals surface area contributed by atoms with Gasteiger partial charge in [-0.25, -0.2) is 0 Å². The number of carbonyl (C=O) groups excluding carboxylic acids is 1. The quantitative estimate of drug-likeness (QED) is 0.499. The Morgan fingerprint density at radius 2 is 1.63 bits per heavy atom. The molecule has 1 N–H and O–H groups in total. The summed E-state index contributed by atoms with van der Waals surface area (Å²) in [4.78, 5) is 14.4. The molecule has 150 valence electrons. The van der Waals surface area contributed by atoms with Crippen LogP contribution in [0.25, 0.3) is 5.69 Å². The molecule has 0 aliphatic rings. The van der Waals surface area contributed by atoms with E-state index in [1.54, 1.807) is 13.0 Å². The first-order chi connectivity index (χ1) is 14.5. The van der Waals surface area contributed by atoms with Crippen molar-refractivity contribution in [2.24, 2.45) is 0 Å². The van der Waals surface area contributed by atoms with Crippen LogP contribution in [0, 0.1) is 20.8 Å². The van der Waals surface area contributed by atoms with Crippen LogP contribution in [0.4, 0.5) is 5.69 Å². The van der Waals surface area contributed by atoms with Crippen LogP contribution in [0.3, 0.4) is 0 Å². The molecule has 0 atom stereocenters. The molecule has 4 aromatic rings. The summed E-state index contributed by atoms with van der Waals surface area (Å²) in [5, 5.41) is 11.8. The zero-order chi connectivity index (χ0) is 21.1. The Balaban J connectivity index is 1.59. The SMILES string of the molecule is Cc1ccc(-n2nc(C)c(C(=O)Nc3ccccc3Oc3ccccc3)n2)c(C)c1. The third kappa shape index (κ3) is 4.07. The minimum Gasteiger partial charge on any atom is -0.455 e. The van der Waals surface area contributed by atoms with Gasteiger partial charge < -0.3 is 10.1 Å². The normalized spacial score (nSPS) is 10.6. The van der Waals surface area contributed by atoms with Gasteiger partial charge in [0.2, 0.25) is 0 Å². The highest BCUT2D eigenvalue weighted by atomic mass is 16.5. The Bertz CT molecular complexity index is 1200. The fourth-order valence-electron chi connectivity index (χ4n) is 3.18. The second kappa shape index (κ2) is 8.21. The number of hydrogen-bond donors (Lipinski definition) is 1. The number of benzene rings is 3. The van der Waals surface area contributed by atoms with E-state index < -0.39 is 0 Å². The molecule has 0 aliphatic heterocycles. The fourth-order valence-corrected chi connectivity index (χ4v) is 3.18. The van der Waals surface area contributed by atoms with Crippen LogP contribution in [0.1, 0.15) is 27.3 Å². The number of hydrogen-bond acceptors (Lipinski definition) is 4. The first kappa shape index (κ1) is 19.4. The van der Waals surface area contributed by atoms with Gasteiger partial charge in [-0.15, -0.1) is 5.10 Å². The molecular formula is C24H22N4O2. The Morgan fingerprint density at radius 1 is 0.900 bits per heavy atom. The van der Waals surface area contributed by atoms with Crippen molar-refractivity contribution in [1.82, 2.24) is 15.0 Å². The predicted octanol–water partition coefficient (Wildman–Crippen LogP) is 5.24. The van der Waals surface area contributed by atoms with Gasteiger partial charge in [0, 0.05) is 0 Å². The van der Waals surface area contributed by atoms with Gasteiger partial charge in [-0.3, -0.25) is 4.79 Å². The number of aromatic nitrogens is 3. The minimum absolute atomic E-state index is 0.268. The predicted molar refractivity (Wildman–Crippen MR) is 116 cm³/mol. The maximum Gasteiger partial charge on any atom is 0.278 e. The van der Waals surface area contributed by atoms with Crippen molar-refractivity contribution in [2.45, 2.75) is 20.8 Å². The highest BCUT2D eigenvalue weighted by molar-refractivity contribution is 6.04. The number of rotatable bonds is 5. The first-order valence-corrected chi connectivity index (χ1v) is 9.66. The third-order valence-electron chi connectivity index (χ3n) is 4.67. The van der Waals surface area contributed by atoms with Crippen LogP contribution in [0.5, 0.6) is 11.5 Å². The maximum atomic E-state index is 12.9. The molecule has 3 aromatic carbocycles. The summed E-state index contributed by atoms with van der Waals surface area (Å²) in [6, 6.07) is 22.7. The molecule has 1 amide bonds. The topological polar surface area (TPSA) is 69.0 Å². The number of carbonyl (C=O) groups is 1. The minimum atomic E-state index is -0.340. The van der Waals surface area contributed by atoms with E-state index in [-0.39, 0.29) is 11.6 Å². The number of nitrogens with one attached hydrogen (secondary N) is 1. The Morgan fingerprint density at radius 3 is 2.40 bits per heavy atom. The Kier molecular flexibility index (Phi) is 5.30. The highest BCUT2D eigenvalue weighted by Gasteiger charge is 2.19. The molecular weight excluding hydrogens is 376 g/mol. The smallest absolute Gasteiger partial charge is 0.278 e. The van der Waals surface area contributed by atoms with Crippen molar-refractivity contribution >= 4 is 11.6 Å². The highest BCUT2D eigenvalue weighted by Crippen LogP contribution is 2.29. The van der Waals surface area contributed by atoms with Gasteiger partial charge in [0.05, 0.1) is 17.1 Å². The number of nitrogens with zero attached hydrogens (tertiary/aromatic N) is 3. The zero-order valence-corrected chi connectivity index (χ0v) is 17.1. The monoisotopic (exact) mass is 398 g/mol. The molecule has 0 spiro atoms. The van der Waals surface area contributed by atoms with Crippen molar-refractivity contribution in [3.8, 4) is 17.2 Å². The van der Waals surface area contributed by atoms with Crippen molar-refractivity contribution < 1.29 is 9.53 Å². The molecule has 6 heteroatoms. The zero-order valence-electron chi connectivity index (χ0n) is 17.1. The molecule has 0 saturated carbocycles.